The molecule has 1 spiro atoms. The van der Waals surface area contributed by atoms with Crippen LogP contribution < -0.4 is 10.6 Å². The minimum Gasteiger partial charge on any atom is -0.355 e. The van der Waals surface area contributed by atoms with E-state index in [1.54, 1.807) is 0 Å². The van der Waals surface area contributed by atoms with E-state index in [9.17, 15) is 9.59 Å². The normalized spacial score (nSPS) is 27.0. The van der Waals surface area contributed by atoms with Crippen LogP contribution in [0.25, 0.3) is 0 Å². The average Bonchev–Trinajstić information content (AvgIpc) is 3.19. The molecule has 3 aliphatic rings. The Balaban J connectivity index is 1.43. The van der Waals surface area contributed by atoms with E-state index in [1.807, 2.05) is 24.3 Å². The molecular weight excluding hydrogens is 278 g/mol. The molecule has 2 heterocycles. The van der Waals surface area contributed by atoms with Crippen LogP contribution in [0.4, 0.5) is 5.69 Å². The van der Waals surface area contributed by atoms with Crippen molar-refractivity contribution in [1.29, 1.82) is 0 Å². The Morgan fingerprint density at radius 2 is 2.18 bits per heavy atom. The van der Waals surface area contributed by atoms with Gasteiger partial charge < -0.3 is 10.6 Å². The van der Waals surface area contributed by atoms with Crippen LogP contribution in [0, 0.1) is 5.92 Å². The zero-order valence-corrected chi connectivity index (χ0v) is 12.6. The van der Waals surface area contributed by atoms with Crippen LogP contribution in [0.3, 0.4) is 0 Å². The number of carbonyl (C=O) groups is 2. The highest BCUT2D eigenvalue weighted by atomic mass is 16.2. The SMILES string of the molecule is O=C(CN1CCC2(C1)C(=O)Nc1ccccc12)NCC1CC1. The van der Waals surface area contributed by atoms with E-state index < -0.39 is 5.41 Å². The zero-order valence-electron chi connectivity index (χ0n) is 12.6. The number of para-hydroxylation sites is 1. The number of hydrogen-bond acceptors (Lipinski definition) is 3. The molecule has 5 heteroatoms. The predicted octanol–water partition coefficient (Wildman–Crippen LogP) is 1.11. The Hall–Kier alpha value is -1.88. The quantitative estimate of drug-likeness (QED) is 0.875. The van der Waals surface area contributed by atoms with Gasteiger partial charge in [0, 0.05) is 25.3 Å². The van der Waals surface area contributed by atoms with Gasteiger partial charge >= 0.3 is 0 Å². The maximum absolute atomic E-state index is 12.5. The van der Waals surface area contributed by atoms with Crippen molar-refractivity contribution in [3.63, 3.8) is 0 Å². The molecule has 4 rings (SSSR count). The molecule has 2 fully saturated rings. The van der Waals surface area contributed by atoms with E-state index in [4.69, 9.17) is 0 Å². The third-order valence-corrected chi connectivity index (χ3v) is 5.13. The first kappa shape index (κ1) is 13.8. The van der Waals surface area contributed by atoms with Gasteiger partial charge in [-0.25, -0.2) is 0 Å². The molecule has 1 aromatic rings. The number of carbonyl (C=O) groups excluding carboxylic acids is 2. The first-order valence-electron chi connectivity index (χ1n) is 8.07. The molecule has 1 aliphatic carbocycles. The monoisotopic (exact) mass is 299 g/mol. The number of rotatable bonds is 4. The minimum absolute atomic E-state index is 0.0783. The summed E-state index contributed by atoms with van der Waals surface area (Å²) in [5.41, 5.74) is 1.54. The van der Waals surface area contributed by atoms with Gasteiger partial charge in [0.15, 0.2) is 0 Å². The van der Waals surface area contributed by atoms with Crippen LogP contribution in [0.2, 0.25) is 0 Å². The molecule has 1 saturated heterocycles. The van der Waals surface area contributed by atoms with Crippen LogP contribution in [-0.4, -0.2) is 42.9 Å². The third kappa shape index (κ3) is 2.29. The summed E-state index contributed by atoms with van der Waals surface area (Å²) in [5, 5.41) is 5.99. The molecule has 1 aromatic carbocycles. The molecule has 1 unspecified atom stereocenters. The van der Waals surface area contributed by atoms with Gasteiger partial charge in [-0.05, 0) is 36.8 Å². The van der Waals surface area contributed by atoms with E-state index >= 15 is 0 Å². The fourth-order valence-corrected chi connectivity index (χ4v) is 3.64. The second-order valence-corrected chi connectivity index (χ2v) is 6.79. The largest absolute Gasteiger partial charge is 0.355 e. The lowest BCUT2D eigenvalue weighted by Gasteiger charge is -2.22. The van der Waals surface area contributed by atoms with Crippen molar-refractivity contribution in [2.45, 2.75) is 24.7 Å². The molecule has 22 heavy (non-hydrogen) atoms. The maximum atomic E-state index is 12.5. The number of hydrogen-bond donors (Lipinski definition) is 2. The van der Waals surface area contributed by atoms with Gasteiger partial charge in [0.05, 0.1) is 12.0 Å². The number of nitrogens with zero attached hydrogens (tertiary/aromatic N) is 1. The smallest absolute Gasteiger partial charge is 0.236 e. The number of nitrogens with one attached hydrogen (secondary N) is 2. The number of fused-ring (bicyclic) bond motifs is 2. The first-order chi connectivity index (χ1) is 10.7. The first-order valence-corrected chi connectivity index (χ1v) is 8.07. The Labute approximate surface area is 130 Å². The van der Waals surface area contributed by atoms with Crippen LogP contribution in [0.15, 0.2) is 24.3 Å². The Morgan fingerprint density at radius 1 is 1.36 bits per heavy atom. The van der Waals surface area contributed by atoms with Gasteiger partial charge in [-0.3, -0.25) is 14.5 Å². The molecule has 0 bridgehead atoms. The van der Waals surface area contributed by atoms with Gasteiger partial charge in [-0.15, -0.1) is 0 Å². The van der Waals surface area contributed by atoms with E-state index in [0.29, 0.717) is 19.0 Å². The van der Waals surface area contributed by atoms with Crippen LogP contribution >= 0.6 is 0 Å². The Bertz CT molecular complexity index is 626. The topological polar surface area (TPSA) is 61.4 Å². The summed E-state index contributed by atoms with van der Waals surface area (Å²) >= 11 is 0. The van der Waals surface area contributed by atoms with E-state index in [1.165, 1.54) is 12.8 Å². The molecule has 0 radical (unpaired) electrons. The summed E-state index contributed by atoms with van der Waals surface area (Å²) in [7, 11) is 0. The van der Waals surface area contributed by atoms with Gasteiger partial charge in [-0.2, -0.15) is 0 Å². The summed E-state index contributed by atoms with van der Waals surface area (Å²) in [4.78, 5) is 26.6. The Kier molecular flexibility index (Phi) is 3.18. The highest BCUT2D eigenvalue weighted by Gasteiger charge is 2.51. The lowest BCUT2D eigenvalue weighted by Crippen LogP contribution is -2.41. The number of benzene rings is 1. The number of likely N-dealkylation sites (tertiary alicyclic amines) is 1. The summed E-state index contributed by atoms with van der Waals surface area (Å²) in [6.07, 6.45) is 3.26. The summed E-state index contributed by atoms with van der Waals surface area (Å²) in [6.45, 7) is 2.62. The highest BCUT2D eigenvalue weighted by Crippen LogP contribution is 2.43. The molecule has 1 saturated carbocycles. The van der Waals surface area contributed by atoms with E-state index in [0.717, 1.165) is 30.8 Å². The van der Waals surface area contributed by atoms with Crippen molar-refractivity contribution in [3.8, 4) is 0 Å². The molecule has 2 aliphatic heterocycles. The van der Waals surface area contributed by atoms with Crippen molar-refractivity contribution in [3.05, 3.63) is 29.8 Å². The second-order valence-electron chi connectivity index (χ2n) is 6.79. The lowest BCUT2D eigenvalue weighted by atomic mass is 9.81. The maximum Gasteiger partial charge on any atom is 0.236 e. The predicted molar refractivity (Wildman–Crippen MR) is 83.5 cm³/mol. The van der Waals surface area contributed by atoms with Crippen molar-refractivity contribution in [2.24, 2.45) is 5.92 Å². The fraction of sp³-hybridized carbons (Fsp3) is 0.529. The molecule has 116 valence electrons. The zero-order chi connectivity index (χ0) is 15.2. The Morgan fingerprint density at radius 3 is 3.00 bits per heavy atom. The third-order valence-electron chi connectivity index (χ3n) is 5.13. The van der Waals surface area contributed by atoms with Crippen molar-refractivity contribution in [2.75, 3.05) is 31.5 Å². The molecular formula is C17H21N3O2. The fourth-order valence-electron chi connectivity index (χ4n) is 3.64. The van der Waals surface area contributed by atoms with Crippen LogP contribution in [-0.2, 0) is 15.0 Å². The van der Waals surface area contributed by atoms with Crippen molar-refractivity contribution in [1.82, 2.24) is 10.2 Å². The molecule has 1 atom stereocenters. The molecule has 5 nitrogen and oxygen atoms in total. The van der Waals surface area contributed by atoms with Gasteiger partial charge in [0.2, 0.25) is 11.8 Å². The molecule has 0 aromatic heterocycles. The second kappa shape index (κ2) is 5.09. The summed E-state index contributed by atoms with van der Waals surface area (Å²) in [5.74, 6) is 0.853. The summed E-state index contributed by atoms with van der Waals surface area (Å²) < 4.78 is 0. The molecule has 2 N–H and O–H groups in total. The average molecular weight is 299 g/mol. The van der Waals surface area contributed by atoms with E-state index in [2.05, 4.69) is 15.5 Å². The lowest BCUT2D eigenvalue weighted by molar-refractivity contribution is -0.123. The van der Waals surface area contributed by atoms with Crippen LogP contribution in [0.5, 0.6) is 0 Å². The highest BCUT2D eigenvalue weighted by molar-refractivity contribution is 6.06. The van der Waals surface area contributed by atoms with E-state index in [-0.39, 0.29) is 11.8 Å². The van der Waals surface area contributed by atoms with Gasteiger partial charge in [0.25, 0.3) is 0 Å². The van der Waals surface area contributed by atoms with Gasteiger partial charge in [0.1, 0.15) is 0 Å². The summed E-state index contributed by atoms with van der Waals surface area (Å²) in [6, 6.07) is 7.90. The van der Waals surface area contributed by atoms with Crippen LogP contribution in [0.1, 0.15) is 24.8 Å². The number of amides is 2. The van der Waals surface area contributed by atoms with Gasteiger partial charge in [-0.1, -0.05) is 18.2 Å². The van der Waals surface area contributed by atoms with Crippen molar-refractivity contribution < 1.29 is 9.59 Å². The minimum atomic E-state index is -0.465. The molecule has 2 amide bonds. The number of anilines is 1. The standard InChI is InChI=1S/C17H21N3O2/c21-15(18-9-12-5-6-12)10-20-8-7-17(11-20)13-3-1-2-4-14(13)19-16(17)22/h1-4,12H,5-11H2,(H,18,21)(H,19,22). The van der Waals surface area contributed by atoms with Crippen molar-refractivity contribution >= 4 is 17.5 Å².